The van der Waals surface area contributed by atoms with Gasteiger partial charge in [0.15, 0.2) is 11.6 Å². The van der Waals surface area contributed by atoms with Crippen LogP contribution in [0.15, 0.2) is 69.3 Å². The second-order valence-electron chi connectivity index (χ2n) is 8.92. The van der Waals surface area contributed by atoms with Crippen molar-refractivity contribution in [2.45, 2.75) is 30.6 Å². The molecular weight excluding hydrogens is 496 g/mol. The van der Waals surface area contributed by atoms with Gasteiger partial charge in [-0.1, -0.05) is 60.3 Å². The number of thioether (sulfide) groups is 1. The van der Waals surface area contributed by atoms with Gasteiger partial charge in [-0.2, -0.15) is 0 Å². The fraction of sp³-hybridized carbons (Fsp3) is 0.214. The van der Waals surface area contributed by atoms with Crippen molar-refractivity contribution in [1.82, 2.24) is 0 Å². The van der Waals surface area contributed by atoms with Gasteiger partial charge < -0.3 is 14.6 Å². The summed E-state index contributed by atoms with van der Waals surface area (Å²) in [5.41, 5.74) is 0.597. The zero-order valence-electron chi connectivity index (χ0n) is 19.1. The number of hydrogen-bond donors (Lipinski definition) is 2. The zero-order chi connectivity index (χ0) is 25.4. The van der Waals surface area contributed by atoms with E-state index in [0.29, 0.717) is 52.5 Å². The molecule has 2 aliphatic carbocycles. The highest BCUT2D eigenvalue weighted by atomic mass is 32.2. The topological polar surface area (TPSA) is 97.7 Å². The SMILES string of the molecule is O=CC1CCC(C(=O)Oc2cc(SC(S)=C3C(=O)c4ccccc4C3=O)c(O)c3ccccc23)CC1. The number of esters is 1. The van der Waals surface area contributed by atoms with E-state index < -0.39 is 11.6 Å². The van der Waals surface area contributed by atoms with Gasteiger partial charge in [-0.25, -0.2) is 0 Å². The Kier molecular flexibility index (Phi) is 6.73. The van der Waals surface area contributed by atoms with E-state index in [2.05, 4.69) is 12.6 Å². The smallest absolute Gasteiger partial charge is 0.314 e. The third kappa shape index (κ3) is 4.35. The number of benzene rings is 3. The van der Waals surface area contributed by atoms with Crippen LogP contribution in [0.4, 0.5) is 0 Å². The van der Waals surface area contributed by atoms with Gasteiger partial charge in [-0.3, -0.25) is 14.4 Å². The van der Waals surface area contributed by atoms with Crippen LogP contribution in [-0.4, -0.2) is 28.9 Å². The molecule has 0 heterocycles. The van der Waals surface area contributed by atoms with Crippen molar-refractivity contribution in [2.24, 2.45) is 11.8 Å². The predicted octanol–water partition coefficient (Wildman–Crippen LogP) is 5.77. The Morgan fingerprint density at radius 2 is 1.53 bits per heavy atom. The summed E-state index contributed by atoms with van der Waals surface area (Å²) in [5.74, 6) is -1.32. The van der Waals surface area contributed by atoms with Gasteiger partial charge in [0.25, 0.3) is 0 Å². The van der Waals surface area contributed by atoms with Crippen LogP contribution in [0, 0.1) is 11.8 Å². The molecule has 0 unspecified atom stereocenters. The second kappa shape index (κ2) is 9.95. The van der Waals surface area contributed by atoms with Crippen LogP contribution in [0.2, 0.25) is 0 Å². The van der Waals surface area contributed by atoms with Gasteiger partial charge in [0.1, 0.15) is 17.8 Å². The van der Waals surface area contributed by atoms with Gasteiger partial charge in [0.05, 0.1) is 20.6 Å². The number of hydrogen-bond acceptors (Lipinski definition) is 8. The highest BCUT2D eigenvalue weighted by Gasteiger charge is 2.35. The number of phenols is 1. The van der Waals surface area contributed by atoms with Crippen LogP contribution in [0.5, 0.6) is 11.5 Å². The summed E-state index contributed by atoms with van der Waals surface area (Å²) >= 11 is 5.42. The molecule has 1 fully saturated rings. The van der Waals surface area contributed by atoms with E-state index in [1.807, 2.05) is 0 Å². The predicted molar refractivity (Wildman–Crippen MR) is 140 cm³/mol. The first-order valence-corrected chi connectivity index (χ1v) is 12.9. The highest BCUT2D eigenvalue weighted by molar-refractivity contribution is 8.15. The van der Waals surface area contributed by atoms with Crippen LogP contribution in [-0.2, 0) is 9.59 Å². The van der Waals surface area contributed by atoms with E-state index in [-0.39, 0.29) is 39.1 Å². The fourth-order valence-electron chi connectivity index (χ4n) is 4.75. The molecule has 1 saturated carbocycles. The minimum Gasteiger partial charge on any atom is -0.506 e. The summed E-state index contributed by atoms with van der Waals surface area (Å²) < 4.78 is 5.95. The molecule has 0 radical (unpaired) electrons. The lowest BCUT2D eigenvalue weighted by molar-refractivity contribution is -0.140. The summed E-state index contributed by atoms with van der Waals surface area (Å²) in [6.07, 6.45) is 3.42. The number of fused-ring (bicyclic) bond motifs is 2. The van der Waals surface area contributed by atoms with E-state index in [1.165, 1.54) is 6.07 Å². The minimum atomic E-state index is -0.411. The Balaban J connectivity index is 1.48. The molecule has 0 aromatic heterocycles. The number of allylic oxidation sites excluding steroid dienone is 1. The Bertz CT molecular complexity index is 1410. The summed E-state index contributed by atoms with van der Waals surface area (Å²) in [7, 11) is 0. The number of carbonyl (C=O) groups is 4. The zero-order valence-corrected chi connectivity index (χ0v) is 20.8. The molecule has 6 nitrogen and oxygen atoms in total. The molecule has 5 rings (SSSR count). The average Bonchev–Trinajstić information content (AvgIpc) is 3.16. The largest absolute Gasteiger partial charge is 0.506 e. The number of thiol groups is 1. The summed E-state index contributed by atoms with van der Waals surface area (Å²) in [4.78, 5) is 50.0. The molecule has 3 aromatic carbocycles. The first-order chi connectivity index (χ1) is 17.4. The van der Waals surface area contributed by atoms with Crippen LogP contribution in [0.25, 0.3) is 10.8 Å². The first-order valence-electron chi connectivity index (χ1n) is 11.6. The van der Waals surface area contributed by atoms with E-state index in [9.17, 15) is 24.3 Å². The van der Waals surface area contributed by atoms with Crippen molar-refractivity contribution in [3.8, 4) is 11.5 Å². The maximum Gasteiger partial charge on any atom is 0.314 e. The molecule has 182 valence electrons. The number of phenolic OH excluding ortho intramolecular Hbond substituents is 1. The third-order valence-corrected chi connectivity index (χ3v) is 8.17. The van der Waals surface area contributed by atoms with E-state index in [1.54, 1.807) is 48.5 Å². The molecule has 0 atom stereocenters. The summed E-state index contributed by atoms with van der Waals surface area (Å²) in [6.45, 7) is 0. The number of ether oxygens (including phenoxy) is 1. The Hall–Kier alpha value is -3.36. The Labute approximate surface area is 217 Å². The highest BCUT2D eigenvalue weighted by Crippen LogP contribution is 2.46. The lowest BCUT2D eigenvalue weighted by atomic mass is 9.83. The maximum absolute atomic E-state index is 13.0. The first kappa shape index (κ1) is 24.3. The van der Waals surface area contributed by atoms with Gasteiger partial charge in [-0.05, 0) is 31.7 Å². The number of aldehydes is 1. The molecule has 36 heavy (non-hydrogen) atoms. The number of rotatable bonds is 5. The van der Waals surface area contributed by atoms with E-state index in [4.69, 9.17) is 4.74 Å². The van der Waals surface area contributed by atoms with Gasteiger partial charge in [-0.15, -0.1) is 12.6 Å². The van der Waals surface area contributed by atoms with Gasteiger partial charge >= 0.3 is 5.97 Å². The van der Waals surface area contributed by atoms with Crippen molar-refractivity contribution in [3.63, 3.8) is 0 Å². The number of carbonyl (C=O) groups excluding carboxylic acids is 4. The Morgan fingerprint density at radius 3 is 2.14 bits per heavy atom. The molecule has 0 saturated heterocycles. The molecule has 0 bridgehead atoms. The van der Waals surface area contributed by atoms with Crippen molar-refractivity contribution >= 4 is 59.0 Å². The summed E-state index contributed by atoms with van der Waals surface area (Å²) in [5, 5.41) is 12.0. The van der Waals surface area contributed by atoms with E-state index in [0.717, 1.165) is 18.0 Å². The molecular formula is C28H22O6S2. The minimum absolute atomic E-state index is 0.0134. The standard InChI is InChI=1S/C28H22O6S2/c29-14-15-9-11-16(12-10-15)27(33)34-21-13-22(24(30)18-6-2-1-5-17(18)21)36-28(35)23-25(31)19-7-3-4-8-20(19)26(23)32/h1-8,13-16,30,35H,9-12H2. The van der Waals surface area contributed by atoms with Crippen molar-refractivity contribution in [2.75, 3.05) is 0 Å². The van der Waals surface area contributed by atoms with E-state index >= 15 is 0 Å². The van der Waals surface area contributed by atoms with Crippen molar-refractivity contribution in [1.29, 1.82) is 0 Å². The fourth-order valence-corrected chi connectivity index (χ4v) is 6.11. The lowest BCUT2D eigenvalue weighted by Crippen LogP contribution is -2.26. The normalized spacial score (nSPS) is 19.3. The molecule has 0 amide bonds. The average molecular weight is 519 g/mol. The Morgan fingerprint density at radius 1 is 0.944 bits per heavy atom. The molecule has 1 N–H and O–H groups in total. The number of ketones is 2. The molecule has 0 spiro atoms. The maximum atomic E-state index is 13.0. The monoisotopic (exact) mass is 518 g/mol. The third-order valence-electron chi connectivity index (χ3n) is 6.74. The van der Waals surface area contributed by atoms with Crippen LogP contribution in [0.1, 0.15) is 46.4 Å². The van der Waals surface area contributed by atoms with Gasteiger partial charge in [0, 0.05) is 27.8 Å². The van der Waals surface area contributed by atoms with Crippen molar-refractivity contribution < 1.29 is 29.0 Å². The van der Waals surface area contributed by atoms with Crippen LogP contribution in [0.3, 0.4) is 0 Å². The number of Topliss-reactive ketones (excluding diaryl/α,β-unsaturated/α-hetero) is 2. The van der Waals surface area contributed by atoms with Crippen LogP contribution >= 0.6 is 24.4 Å². The van der Waals surface area contributed by atoms with Gasteiger partial charge in [0.2, 0.25) is 0 Å². The van der Waals surface area contributed by atoms with Crippen LogP contribution < -0.4 is 4.74 Å². The second-order valence-corrected chi connectivity index (χ2v) is 10.7. The molecule has 8 heteroatoms. The quantitative estimate of drug-likeness (QED) is 0.0842. The number of aromatic hydroxyl groups is 1. The lowest BCUT2D eigenvalue weighted by Gasteiger charge is -2.24. The summed E-state index contributed by atoms with van der Waals surface area (Å²) in [6, 6.07) is 15.1. The molecule has 0 aliphatic heterocycles. The molecule has 2 aliphatic rings. The molecule has 3 aromatic rings. The van der Waals surface area contributed by atoms with Crippen molar-refractivity contribution in [3.05, 3.63) is 75.5 Å².